The first-order valence-corrected chi connectivity index (χ1v) is 4.06. The van der Waals surface area contributed by atoms with Crippen molar-refractivity contribution in [1.82, 2.24) is 5.32 Å². The number of nitrogens with one attached hydrogen (secondary N) is 1. The third kappa shape index (κ3) is 2.15. The number of carbonyl (C=O) groups is 1. The number of amides is 1. The minimum atomic E-state index is -4.75. The highest BCUT2D eigenvalue weighted by molar-refractivity contribution is 6.33. The van der Waals surface area contributed by atoms with E-state index < -0.39 is 28.3 Å². The minimum Gasteiger partial charge on any atom is -0.366 e. The zero-order chi connectivity index (χ0) is 11.8. The number of alkyl halides is 3. The van der Waals surface area contributed by atoms with Gasteiger partial charge >= 0.3 is 6.18 Å². The van der Waals surface area contributed by atoms with Gasteiger partial charge in [-0.3, -0.25) is 4.79 Å². The number of dihydropyridines is 1. The third-order valence-electron chi connectivity index (χ3n) is 1.69. The molecule has 3 nitrogen and oxygen atoms in total. The van der Waals surface area contributed by atoms with Crippen molar-refractivity contribution in [3.8, 4) is 0 Å². The molecule has 0 spiro atoms. The van der Waals surface area contributed by atoms with Gasteiger partial charge in [-0.05, 0) is 0 Å². The van der Waals surface area contributed by atoms with E-state index in [0.717, 1.165) is 6.20 Å². The van der Waals surface area contributed by atoms with Gasteiger partial charge in [0.05, 0.1) is 16.2 Å². The predicted molar refractivity (Wildman–Crippen MR) is 48.5 cm³/mol. The van der Waals surface area contributed by atoms with Gasteiger partial charge in [-0.2, -0.15) is 13.2 Å². The number of carbonyl (C=O) groups excluding carboxylic acids is 1. The molecular weight excluding hydrogens is 233 g/mol. The lowest BCUT2D eigenvalue weighted by molar-refractivity contribution is -0.116. The monoisotopic (exact) mass is 238 g/mol. The number of halogens is 4. The molecule has 0 bridgehead atoms. The van der Waals surface area contributed by atoms with E-state index in [1.54, 1.807) is 0 Å². The van der Waals surface area contributed by atoms with Crippen molar-refractivity contribution in [3.63, 3.8) is 0 Å². The first-order chi connectivity index (χ1) is 6.75. The summed E-state index contributed by atoms with van der Waals surface area (Å²) in [6.45, 7) is 3.24. The van der Waals surface area contributed by atoms with E-state index in [1.807, 2.05) is 0 Å². The van der Waals surface area contributed by atoms with Crippen LogP contribution in [-0.2, 0) is 4.79 Å². The smallest absolute Gasteiger partial charge is 0.366 e. The Morgan fingerprint density at radius 1 is 1.53 bits per heavy atom. The lowest BCUT2D eigenvalue weighted by atomic mass is 10.0. The lowest BCUT2D eigenvalue weighted by Gasteiger charge is -2.21. The fraction of sp³-hybridized carbons (Fsp3) is 0.125. The van der Waals surface area contributed by atoms with Gasteiger partial charge in [0.1, 0.15) is 0 Å². The zero-order valence-electron chi connectivity index (χ0n) is 7.28. The Morgan fingerprint density at radius 2 is 2.07 bits per heavy atom. The van der Waals surface area contributed by atoms with Gasteiger partial charge in [0, 0.05) is 11.9 Å². The molecule has 0 aliphatic carbocycles. The molecule has 0 radical (unpaired) electrons. The fourth-order valence-corrected chi connectivity index (χ4v) is 1.37. The second kappa shape index (κ2) is 3.62. The first-order valence-electron chi connectivity index (χ1n) is 3.68. The Bertz CT molecular complexity index is 395. The van der Waals surface area contributed by atoms with Crippen molar-refractivity contribution in [2.75, 3.05) is 0 Å². The Balaban J connectivity index is 3.45. The largest absolute Gasteiger partial charge is 0.418 e. The molecule has 1 rings (SSSR count). The lowest BCUT2D eigenvalue weighted by Crippen LogP contribution is -2.30. The van der Waals surface area contributed by atoms with Crippen molar-refractivity contribution in [2.24, 2.45) is 5.73 Å². The number of hydrogen-bond donors (Lipinski definition) is 2. The topological polar surface area (TPSA) is 55.1 Å². The average Bonchev–Trinajstić information content (AvgIpc) is 2.05. The van der Waals surface area contributed by atoms with Crippen molar-refractivity contribution in [1.29, 1.82) is 0 Å². The molecule has 0 aromatic heterocycles. The Labute approximate surface area is 88.1 Å². The van der Waals surface area contributed by atoms with Crippen LogP contribution in [0.5, 0.6) is 0 Å². The summed E-state index contributed by atoms with van der Waals surface area (Å²) in [5.74, 6) is -1.23. The summed E-state index contributed by atoms with van der Waals surface area (Å²) in [4.78, 5) is 10.8. The van der Waals surface area contributed by atoms with Crippen LogP contribution in [0.15, 0.2) is 34.7 Å². The first kappa shape index (κ1) is 11.6. The molecule has 0 fully saturated rings. The standard InChI is InChI=1S/C8H6ClF3N2O/c1-3-5(7(13)15)6(8(10,11)12)4(9)2-14-3/h2,14H,1H2,(H2,13,15). The molecule has 15 heavy (non-hydrogen) atoms. The van der Waals surface area contributed by atoms with E-state index in [2.05, 4.69) is 11.9 Å². The maximum Gasteiger partial charge on any atom is 0.418 e. The second-order valence-corrected chi connectivity index (χ2v) is 3.13. The molecule has 0 atom stereocenters. The van der Waals surface area contributed by atoms with Crippen LogP contribution in [0.1, 0.15) is 0 Å². The minimum absolute atomic E-state index is 0.223. The summed E-state index contributed by atoms with van der Waals surface area (Å²) in [5.41, 5.74) is 2.60. The maximum atomic E-state index is 12.5. The molecule has 0 aromatic rings. The van der Waals surface area contributed by atoms with Crippen molar-refractivity contribution >= 4 is 17.5 Å². The highest BCUT2D eigenvalue weighted by atomic mass is 35.5. The summed E-state index contributed by atoms with van der Waals surface area (Å²) >= 11 is 5.34. The van der Waals surface area contributed by atoms with Crippen LogP contribution in [0.25, 0.3) is 0 Å². The highest BCUT2D eigenvalue weighted by Gasteiger charge is 2.41. The van der Waals surface area contributed by atoms with Crippen LogP contribution < -0.4 is 11.1 Å². The van der Waals surface area contributed by atoms with Gasteiger partial charge in [-0.15, -0.1) is 0 Å². The van der Waals surface area contributed by atoms with E-state index in [4.69, 9.17) is 17.3 Å². The van der Waals surface area contributed by atoms with Gasteiger partial charge < -0.3 is 11.1 Å². The number of primary amides is 1. The van der Waals surface area contributed by atoms with Gasteiger partial charge in [-0.25, -0.2) is 0 Å². The van der Waals surface area contributed by atoms with E-state index in [9.17, 15) is 18.0 Å². The number of allylic oxidation sites excluding steroid dienone is 2. The quantitative estimate of drug-likeness (QED) is 0.728. The molecule has 0 unspecified atom stereocenters. The molecule has 3 N–H and O–H groups in total. The molecule has 82 valence electrons. The van der Waals surface area contributed by atoms with Crippen molar-refractivity contribution in [3.05, 3.63) is 34.7 Å². The second-order valence-electron chi connectivity index (χ2n) is 2.73. The van der Waals surface area contributed by atoms with Gasteiger partial charge in [0.25, 0.3) is 5.91 Å². The molecule has 1 amide bonds. The van der Waals surface area contributed by atoms with Crippen LogP contribution in [-0.4, -0.2) is 12.1 Å². The molecule has 1 heterocycles. The average molecular weight is 239 g/mol. The Kier molecular flexibility index (Phi) is 2.81. The predicted octanol–water partition coefficient (Wildman–Crippen LogP) is 1.53. The van der Waals surface area contributed by atoms with Crippen LogP contribution in [0.3, 0.4) is 0 Å². The summed E-state index contributed by atoms with van der Waals surface area (Å²) in [5, 5.41) is 1.70. The van der Waals surface area contributed by atoms with Gasteiger partial charge in [-0.1, -0.05) is 18.2 Å². The van der Waals surface area contributed by atoms with E-state index in [-0.39, 0.29) is 5.70 Å². The molecule has 0 aromatic carbocycles. The SMILES string of the molecule is C=C1NC=C(Cl)C(C(F)(F)F)=C1C(N)=O. The molecule has 0 saturated carbocycles. The van der Waals surface area contributed by atoms with Crippen molar-refractivity contribution in [2.45, 2.75) is 6.18 Å². The number of rotatable bonds is 1. The molecule has 7 heteroatoms. The summed E-state index contributed by atoms with van der Waals surface area (Å²) < 4.78 is 37.5. The van der Waals surface area contributed by atoms with Crippen LogP contribution in [0, 0.1) is 0 Å². The molecule has 1 aliphatic heterocycles. The van der Waals surface area contributed by atoms with E-state index >= 15 is 0 Å². The third-order valence-corrected chi connectivity index (χ3v) is 1.99. The van der Waals surface area contributed by atoms with Crippen LogP contribution in [0.4, 0.5) is 13.2 Å². The number of nitrogens with two attached hydrogens (primary N) is 1. The van der Waals surface area contributed by atoms with E-state index in [1.165, 1.54) is 0 Å². The normalized spacial score (nSPS) is 17.3. The van der Waals surface area contributed by atoms with Crippen LogP contribution >= 0.6 is 11.6 Å². The van der Waals surface area contributed by atoms with Gasteiger partial charge in [0.15, 0.2) is 0 Å². The number of hydrogen-bond acceptors (Lipinski definition) is 2. The van der Waals surface area contributed by atoms with Gasteiger partial charge in [0.2, 0.25) is 0 Å². The summed E-state index contributed by atoms with van der Waals surface area (Å²) in [7, 11) is 0. The highest BCUT2D eigenvalue weighted by Crippen LogP contribution is 2.38. The Morgan fingerprint density at radius 3 is 2.40 bits per heavy atom. The van der Waals surface area contributed by atoms with Crippen molar-refractivity contribution < 1.29 is 18.0 Å². The fourth-order valence-electron chi connectivity index (χ4n) is 1.11. The molecule has 0 saturated heterocycles. The molecule has 1 aliphatic rings. The maximum absolute atomic E-state index is 12.5. The van der Waals surface area contributed by atoms with Crippen LogP contribution in [0.2, 0.25) is 0 Å². The molecular formula is C8H6ClF3N2O. The Hall–Kier alpha value is -1.43. The zero-order valence-corrected chi connectivity index (χ0v) is 8.04. The summed E-state index contributed by atoms with van der Waals surface area (Å²) in [6.07, 6.45) is -3.85. The van der Waals surface area contributed by atoms with E-state index in [0.29, 0.717) is 0 Å². The summed E-state index contributed by atoms with van der Waals surface area (Å²) in [6, 6.07) is 0.